The SMILES string of the molecule is CCc1c2c(nc3ccc(OC(=O)CCCCCNC(=O)Oc4ccc5nc6c(c(CC)c5c4)Cn4c-6cc5c(c4=O)COC(=O)C5(O)CC)cc13)-c1cc3c(c(=O)n1C2)COC(=O)C3(O)CC. The number of benzene rings is 2. The van der Waals surface area contributed by atoms with Gasteiger partial charge in [0.2, 0.25) is 0 Å². The summed E-state index contributed by atoms with van der Waals surface area (Å²) in [4.78, 5) is 88.2. The van der Waals surface area contributed by atoms with Crippen LogP contribution in [-0.4, -0.2) is 59.9 Å². The largest absolute Gasteiger partial charge is 0.458 e. The predicted molar refractivity (Wildman–Crippen MR) is 246 cm³/mol. The van der Waals surface area contributed by atoms with Gasteiger partial charge in [-0.15, -0.1) is 0 Å². The van der Waals surface area contributed by atoms with Gasteiger partial charge in [0, 0.05) is 46.0 Å². The molecule has 3 N–H and O–H groups in total. The van der Waals surface area contributed by atoms with E-state index in [4.69, 9.17) is 28.9 Å². The highest BCUT2D eigenvalue weighted by molar-refractivity contribution is 5.92. The number of esters is 3. The minimum absolute atomic E-state index is 0.0489. The van der Waals surface area contributed by atoms with E-state index in [1.807, 2.05) is 13.8 Å². The highest BCUT2D eigenvalue weighted by Crippen LogP contribution is 2.43. The standard InChI is InChI=1S/C51H49N5O12/c1-5-28-30-18-26(13-15-38(30)53-43-32(28)22-55-40(43)20-36-34(45(55)58)24-65-47(60)50(36,63)7-3)67-42(57)12-10-9-11-17-52-49(62)68-27-14-16-39-31(19-27)29(6-2)33-23-56-41(44(33)54-39)21-37-35(46(56)59)25-66-48(61)51(37,64)8-4/h13-16,18-21,63-64H,5-12,17,22-25H2,1-4H3,(H,52,62). The predicted octanol–water partition coefficient (Wildman–Crippen LogP) is 5.85. The van der Waals surface area contributed by atoms with E-state index in [2.05, 4.69) is 5.32 Å². The summed E-state index contributed by atoms with van der Waals surface area (Å²) in [5, 5.41) is 26.8. The van der Waals surface area contributed by atoms with Crippen LogP contribution in [0.4, 0.5) is 4.79 Å². The molecular formula is C51H49N5O12. The van der Waals surface area contributed by atoms with Crippen LogP contribution in [0.15, 0.2) is 58.1 Å². The van der Waals surface area contributed by atoms with E-state index in [9.17, 15) is 39.0 Å². The van der Waals surface area contributed by atoms with E-state index in [1.54, 1.807) is 71.5 Å². The molecule has 0 bridgehead atoms. The van der Waals surface area contributed by atoms with Crippen molar-refractivity contribution in [1.82, 2.24) is 24.4 Å². The molecule has 0 aliphatic carbocycles. The molecule has 68 heavy (non-hydrogen) atoms. The Morgan fingerprint density at radius 2 is 1.15 bits per heavy atom. The molecule has 4 aromatic heterocycles. The summed E-state index contributed by atoms with van der Waals surface area (Å²) in [5.41, 5.74) is 3.64. The van der Waals surface area contributed by atoms with E-state index in [0.717, 1.165) is 33.0 Å². The zero-order valence-corrected chi connectivity index (χ0v) is 38.1. The lowest BCUT2D eigenvalue weighted by Gasteiger charge is -2.31. The number of aliphatic hydroxyl groups is 2. The number of hydrogen-bond acceptors (Lipinski definition) is 14. The molecule has 1 amide bonds. The average Bonchev–Trinajstić information content (AvgIpc) is 3.89. The first-order chi connectivity index (χ1) is 32.7. The molecule has 17 heteroatoms. The Hall–Kier alpha value is -7.24. The number of cyclic esters (lactones) is 2. The molecule has 8 heterocycles. The molecular weight excluding hydrogens is 875 g/mol. The first-order valence-corrected chi connectivity index (χ1v) is 23.1. The number of nitrogens with one attached hydrogen (secondary N) is 1. The minimum atomic E-state index is -1.92. The summed E-state index contributed by atoms with van der Waals surface area (Å²) < 4.78 is 25.0. The Morgan fingerprint density at radius 3 is 1.62 bits per heavy atom. The topological polar surface area (TPSA) is 227 Å². The van der Waals surface area contributed by atoms with E-state index in [-0.39, 0.29) is 78.9 Å². The Bertz CT molecular complexity index is 3100. The second-order valence-electron chi connectivity index (χ2n) is 17.7. The van der Waals surface area contributed by atoms with Gasteiger partial charge in [0.05, 0.1) is 58.0 Å². The van der Waals surface area contributed by atoms with Crippen molar-refractivity contribution in [2.75, 3.05) is 6.54 Å². The smallest absolute Gasteiger partial charge is 0.412 e. The monoisotopic (exact) mass is 923 g/mol. The summed E-state index contributed by atoms with van der Waals surface area (Å²) in [6.07, 6.45) is 2.62. The van der Waals surface area contributed by atoms with Crippen LogP contribution in [0, 0.1) is 0 Å². The van der Waals surface area contributed by atoms with E-state index in [0.29, 0.717) is 84.0 Å². The van der Waals surface area contributed by atoms with E-state index < -0.39 is 35.2 Å². The molecule has 350 valence electrons. The van der Waals surface area contributed by atoms with Gasteiger partial charge in [-0.3, -0.25) is 14.4 Å². The van der Waals surface area contributed by atoms with Crippen LogP contribution < -0.4 is 25.9 Å². The third kappa shape index (κ3) is 6.97. The summed E-state index contributed by atoms with van der Waals surface area (Å²) in [5.74, 6) is -1.27. The lowest BCUT2D eigenvalue weighted by Crippen LogP contribution is -2.44. The van der Waals surface area contributed by atoms with Crippen LogP contribution in [0.3, 0.4) is 0 Å². The number of amides is 1. The minimum Gasteiger partial charge on any atom is -0.458 e. The Morgan fingerprint density at radius 1 is 0.662 bits per heavy atom. The van der Waals surface area contributed by atoms with Crippen molar-refractivity contribution in [3.8, 4) is 34.3 Å². The van der Waals surface area contributed by atoms with E-state index in [1.165, 1.54) is 0 Å². The number of ether oxygens (including phenoxy) is 4. The van der Waals surface area contributed by atoms with Crippen LogP contribution >= 0.6 is 0 Å². The van der Waals surface area contributed by atoms with Crippen molar-refractivity contribution in [2.24, 2.45) is 0 Å². The molecule has 2 aromatic carbocycles. The molecule has 4 aliphatic heterocycles. The van der Waals surface area contributed by atoms with Gasteiger partial charge in [0.1, 0.15) is 24.7 Å². The molecule has 6 aromatic rings. The second-order valence-corrected chi connectivity index (χ2v) is 17.7. The normalized spacial score (nSPS) is 18.5. The van der Waals surface area contributed by atoms with Crippen molar-refractivity contribution in [3.63, 3.8) is 0 Å². The lowest BCUT2D eigenvalue weighted by molar-refractivity contribution is -0.172. The number of nitrogens with zero attached hydrogens (tertiary/aromatic N) is 4. The second kappa shape index (κ2) is 16.8. The average molecular weight is 924 g/mol. The third-order valence-electron chi connectivity index (χ3n) is 14.0. The molecule has 17 nitrogen and oxygen atoms in total. The lowest BCUT2D eigenvalue weighted by atomic mass is 9.86. The maximum Gasteiger partial charge on any atom is 0.412 e. The van der Waals surface area contributed by atoms with Gasteiger partial charge in [-0.2, -0.15) is 0 Å². The molecule has 0 fully saturated rings. The van der Waals surface area contributed by atoms with Crippen LogP contribution in [0.2, 0.25) is 0 Å². The van der Waals surface area contributed by atoms with Crippen molar-refractivity contribution < 1.29 is 48.3 Å². The molecule has 2 unspecified atom stereocenters. The van der Waals surface area contributed by atoms with Gasteiger partial charge in [-0.05, 0) is 98.2 Å². The van der Waals surface area contributed by atoms with Crippen LogP contribution in [0.5, 0.6) is 11.5 Å². The van der Waals surface area contributed by atoms with Gasteiger partial charge in [0.15, 0.2) is 11.2 Å². The number of aryl methyl sites for hydroxylation is 2. The van der Waals surface area contributed by atoms with Crippen LogP contribution in [0.1, 0.15) is 111 Å². The Balaban J connectivity index is 0.743. The fourth-order valence-electron chi connectivity index (χ4n) is 10.3. The maximum absolute atomic E-state index is 13.7. The first-order valence-electron chi connectivity index (χ1n) is 23.1. The van der Waals surface area contributed by atoms with Crippen LogP contribution in [-0.2, 0) is 74.2 Å². The number of aromatic nitrogens is 4. The molecule has 0 spiro atoms. The van der Waals surface area contributed by atoms with Crippen LogP contribution in [0.25, 0.3) is 44.6 Å². The molecule has 0 saturated carbocycles. The number of pyridine rings is 4. The molecule has 4 aliphatic rings. The third-order valence-corrected chi connectivity index (χ3v) is 14.0. The highest BCUT2D eigenvalue weighted by atomic mass is 16.6. The van der Waals surface area contributed by atoms with Crippen molar-refractivity contribution >= 4 is 45.8 Å². The van der Waals surface area contributed by atoms with Crippen molar-refractivity contribution in [1.29, 1.82) is 0 Å². The molecule has 0 saturated heterocycles. The van der Waals surface area contributed by atoms with Gasteiger partial charge >= 0.3 is 24.0 Å². The number of fused-ring (bicyclic) bond motifs is 10. The first kappa shape index (κ1) is 44.6. The quantitative estimate of drug-likeness (QED) is 0.0742. The van der Waals surface area contributed by atoms with E-state index >= 15 is 0 Å². The number of carbonyl (C=O) groups excluding carboxylic acids is 4. The van der Waals surface area contributed by atoms with Gasteiger partial charge in [-0.25, -0.2) is 24.4 Å². The summed E-state index contributed by atoms with van der Waals surface area (Å²) in [6.45, 7) is 7.75. The fourth-order valence-corrected chi connectivity index (χ4v) is 10.3. The van der Waals surface area contributed by atoms with Crippen molar-refractivity contribution in [3.05, 3.63) is 114 Å². The summed E-state index contributed by atoms with van der Waals surface area (Å²) in [6, 6.07) is 13.8. The molecule has 0 radical (unpaired) electrons. The summed E-state index contributed by atoms with van der Waals surface area (Å²) in [7, 11) is 0. The molecule has 2 atom stereocenters. The summed E-state index contributed by atoms with van der Waals surface area (Å²) >= 11 is 0. The zero-order chi connectivity index (χ0) is 47.8. The van der Waals surface area contributed by atoms with Crippen molar-refractivity contribution in [2.45, 2.75) is 117 Å². The van der Waals surface area contributed by atoms with Gasteiger partial charge < -0.3 is 43.6 Å². The highest BCUT2D eigenvalue weighted by Gasteiger charge is 2.47. The number of unbranched alkanes of at least 4 members (excludes halogenated alkanes) is 2. The number of hydrogen-bond donors (Lipinski definition) is 3. The Labute approximate surface area is 388 Å². The zero-order valence-electron chi connectivity index (χ0n) is 38.1. The Kier molecular flexibility index (Phi) is 11.0. The fraction of sp³-hybridized carbons (Fsp3) is 0.373. The van der Waals surface area contributed by atoms with Gasteiger partial charge in [-0.1, -0.05) is 34.1 Å². The number of carbonyl (C=O) groups is 4. The molecule has 10 rings (SSSR count). The maximum atomic E-state index is 13.7. The number of rotatable bonds is 12. The van der Waals surface area contributed by atoms with Gasteiger partial charge in [0.25, 0.3) is 11.1 Å².